The number of piperidine rings is 1. The number of benzene rings is 1. The molecule has 0 aromatic heterocycles. The van der Waals surface area contributed by atoms with Crippen LogP contribution in [0.15, 0.2) is 18.2 Å². The Hall–Kier alpha value is -1.39. The van der Waals surface area contributed by atoms with Crippen molar-refractivity contribution in [2.75, 3.05) is 17.2 Å². The predicted molar refractivity (Wildman–Crippen MR) is 71.1 cm³/mol. The molecule has 0 amide bonds. The van der Waals surface area contributed by atoms with E-state index >= 15 is 0 Å². The molecule has 1 aromatic rings. The largest absolute Gasteiger partial charge is 0.418 e. The van der Waals surface area contributed by atoms with Gasteiger partial charge in [-0.3, -0.25) is 0 Å². The molecule has 0 spiro atoms. The first-order chi connectivity index (χ1) is 8.80. The van der Waals surface area contributed by atoms with Crippen molar-refractivity contribution >= 4 is 11.4 Å². The van der Waals surface area contributed by atoms with Gasteiger partial charge in [0.25, 0.3) is 0 Å². The number of anilines is 2. The minimum absolute atomic E-state index is 0.110. The molecule has 2 N–H and O–H groups in total. The number of nitrogens with zero attached hydrogens (tertiary/aromatic N) is 1. The van der Waals surface area contributed by atoms with Gasteiger partial charge in [-0.15, -0.1) is 0 Å². The zero-order valence-electron chi connectivity index (χ0n) is 11.2. The van der Waals surface area contributed by atoms with E-state index in [9.17, 15) is 13.2 Å². The summed E-state index contributed by atoms with van der Waals surface area (Å²) >= 11 is 0. The molecule has 1 aliphatic heterocycles. The van der Waals surface area contributed by atoms with E-state index in [1.165, 1.54) is 12.1 Å². The molecule has 2 unspecified atom stereocenters. The minimum atomic E-state index is -4.37. The Bertz CT molecular complexity index is 456. The number of rotatable bonds is 1. The molecule has 2 rings (SSSR count). The standard InChI is InChI=1S/C14H19F3N2/c1-9-4-3-7-19(10(9)2)13-6-5-11(18)8-12(13)14(15,16)17/h5-6,8-10H,3-4,7,18H2,1-2H3. The van der Waals surface area contributed by atoms with Crippen LogP contribution in [0, 0.1) is 5.92 Å². The van der Waals surface area contributed by atoms with Crippen molar-refractivity contribution in [1.29, 1.82) is 0 Å². The van der Waals surface area contributed by atoms with E-state index in [-0.39, 0.29) is 17.4 Å². The second-order valence-corrected chi connectivity index (χ2v) is 5.33. The summed E-state index contributed by atoms with van der Waals surface area (Å²) in [6, 6.07) is 4.17. The molecule has 1 aromatic carbocycles. The zero-order valence-corrected chi connectivity index (χ0v) is 11.2. The average molecular weight is 272 g/mol. The Morgan fingerprint density at radius 3 is 2.58 bits per heavy atom. The minimum Gasteiger partial charge on any atom is -0.399 e. The van der Waals surface area contributed by atoms with Crippen LogP contribution in [-0.4, -0.2) is 12.6 Å². The lowest BCUT2D eigenvalue weighted by atomic mass is 9.91. The number of hydrogen-bond acceptors (Lipinski definition) is 2. The van der Waals surface area contributed by atoms with Gasteiger partial charge in [0, 0.05) is 24.0 Å². The van der Waals surface area contributed by atoms with Gasteiger partial charge >= 0.3 is 6.18 Å². The Kier molecular flexibility index (Phi) is 3.65. The van der Waals surface area contributed by atoms with E-state index in [4.69, 9.17) is 5.73 Å². The number of hydrogen-bond donors (Lipinski definition) is 1. The number of nitrogen functional groups attached to an aromatic ring is 1. The third-order valence-electron chi connectivity index (χ3n) is 4.01. The van der Waals surface area contributed by atoms with Crippen LogP contribution in [-0.2, 0) is 6.18 Å². The van der Waals surface area contributed by atoms with Gasteiger partial charge in [0.2, 0.25) is 0 Å². The molecule has 0 radical (unpaired) electrons. The lowest BCUT2D eigenvalue weighted by Crippen LogP contribution is -2.43. The van der Waals surface area contributed by atoms with Crippen LogP contribution in [0.1, 0.15) is 32.3 Å². The molecule has 19 heavy (non-hydrogen) atoms. The fourth-order valence-corrected chi connectivity index (χ4v) is 2.71. The SMILES string of the molecule is CC1CCCN(c2ccc(N)cc2C(F)(F)F)C1C. The van der Waals surface area contributed by atoms with Gasteiger partial charge in [0.1, 0.15) is 0 Å². The highest BCUT2D eigenvalue weighted by Gasteiger charge is 2.37. The van der Waals surface area contributed by atoms with E-state index in [1.807, 2.05) is 11.8 Å². The Labute approximate surface area is 111 Å². The molecule has 0 aliphatic carbocycles. The van der Waals surface area contributed by atoms with E-state index < -0.39 is 11.7 Å². The Balaban J connectivity index is 2.44. The number of nitrogens with two attached hydrogens (primary N) is 1. The second kappa shape index (κ2) is 4.94. The van der Waals surface area contributed by atoms with Crippen molar-refractivity contribution in [3.63, 3.8) is 0 Å². The second-order valence-electron chi connectivity index (χ2n) is 5.33. The molecule has 2 nitrogen and oxygen atoms in total. The molecule has 0 saturated carbocycles. The Morgan fingerprint density at radius 1 is 1.26 bits per heavy atom. The highest BCUT2D eigenvalue weighted by Crippen LogP contribution is 2.40. The van der Waals surface area contributed by atoms with Crippen LogP contribution >= 0.6 is 0 Å². The van der Waals surface area contributed by atoms with Crippen LogP contribution in [0.3, 0.4) is 0 Å². The first kappa shape index (κ1) is 14.0. The van der Waals surface area contributed by atoms with Crippen LogP contribution < -0.4 is 10.6 Å². The van der Waals surface area contributed by atoms with Crippen molar-refractivity contribution < 1.29 is 13.2 Å². The van der Waals surface area contributed by atoms with Crippen LogP contribution in [0.2, 0.25) is 0 Å². The molecule has 2 atom stereocenters. The van der Waals surface area contributed by atoms with Gasteiger partial charge in [0.15, 0.2) is 0 Å². The lowest BCUT2D eigenvalue weighted by molar-refractivity contribution is -0.137. The smallest absolute Gasteiger partial charge is 0.399 e. The van der Waals surface area contributed by atoms with Gasteiger partial charge in [-0.2, -0.15) is 13.2 Å². The lowest BCUT2D eigenvalue weighted by Gasteiger charge is -2.40. The van der Waals surface area contributed by atoms with Crippen molar-refractivity contribution in [1.82, 2.24) is 0 Å². The van der Waals surface area contributed by atoms with E-state index in [0.29, 0.717) is 12.5 Å². The zero-order chi connectivity index (χ0) is 14.2. The van der Waals surface area contributed by atoms with Gasteiger partial charge < -0.3 is 10.6 Å². The maximum Gasteiger partial charge on any atom is 0.418 e. The third kappa shape index (κ3) is 2.80. The normalized spacial score (nSPS) is 24.6. The summed E-state index contributed by atoms with van der Waals surface area (Å²) in [5.74, 6) is 0.396. The maximum atomic E-state index is 13.1. The molecule has 5 heteroatoms. The molecule has 1 heterocycles. The maximum absolute atomic E-state index is 13.1. The molecule has 106 valence electrons. The summed E-state index contributed by atoms with van der Waals surface area (Å²) in [5, 5.41) is 0. The van der Waals surface area contributed by atoms with Gasteiger partial charge in [0.05, 0.1) is 5.56 Å². The fraction of sp³-hybridized carbons (Fsp3) is 0.571. The van der Waals surface area contributed by atoms with Crippen molar-refractivity contribution in [3.8, 4) is 0 Å². The highest BCUT2D eigenvalue weighted by atomic mass is 19.4. The Morgan fingerprint density at radius 2 is 1.95 bits per heavy atom. The predicted octanol–water partition coefficient (Wildman–Crippen LogP) is 3.91. The molecular weight excluding hydrogens is 253 g/mol. The highest BCUT2D eigenvalue weighted by molar-refractivity contribution is 5.61. The number of halogens is 3. The third-order valence-corrected chi connectivity index (χ3v) is 4.01. The van der Waals surface area contributed by atoms with Crippen molar-refractivity contribution in [3.05, 3.63) is 23.8 Å². The van der Waals surface area contributed by atoms with Gasteiger partial charge in [-0.1, -0.05) is 6.92 Å². The monoisotopic (exact) mass is 272 g/mol. The molecule has 1 fully saturated rings. The molecule has 1 aliphatic rings. The summed E-state index contributed by atoms with van der Waals surface area (Å²) in [6.45, 7) is 4.74. The van der Waals surface area contributed by atoms with Crippen molar-refractivity contribution in [2.45, 2.75) is 38.9 Å². The molecular formula is C14H19F3N2. The van der Waals surface area contributed by atoms with Gasteiger partial charge in [-0.25, -0.2) is 0 Å². The first-order valence-electron chi connectivity index (χ1n) is 6.54. The average Bonchev–Trinajstić information content (AvgIpc) is 2.32. The fourth-order valence-electron chi connectivity index (χ4n) is 2.71. The summed E-state index contributed by atoms with van der Waals surface area (Å²) in [5.41, 5.74) is 5.26. The first-order valence-corrected chi connectivity index (χ1v) is 6.54. The van der Waals surface area contributed by atoms with Crippen molar-refractivity contribution in [2.24, 2.45) is 5.92 Å². The topological polar surface area (TPSA) is 29.3 Å². The van der Waals surface area contributed by atoms with Gasteiger partial charge in [-0.05, 0) is 43.9 Å². The molecule has 0 bridgehead atoms. The van der Waals surface area contributed by atoms with E-state index in [0.717, 1.165) is 18.9 Å². The quantitative estimate of drug-likeness (QED) is 0.785. The summed E-state index contributed by atoms with van der Waals surface area (Å²) < 4.78 is 39.4. The summed E-state index contributed by atoms with van der Waals surface area (Å²) in [6.07, 6.45) is -2.38. The summed E-state index contributed by atoms with van der Waals surface area (Å²) in [4.78, 5) is 1.86. The number of alkyl halides is 3. The summed E-state index contributed by atoms with van der Waals surface area (Å²) in [7, 11) is 0. The van der Waals surface area contributed by atoms with E-state index in [2.05, 4.69) is 6.92 Å². The van der Waals surface area contributed by atoms with Crippen LogP contribution in [0.4, 0.5) is 24.5 Å². The molecule has 1 saturated heterocycles. The van der Waals surface area contributed by atoms with Crippen LogP contribution in [0.5, 0.6) is 0 Å². The van der Waals surface area contributed by atoms with Crippen LogP contribution in [0.25, 0.3) is 0 Å². The van der Waals surface area contributed by atoms with E-state index in [1.54, 1.807) is 0 Å².